The third kappa shape index (κ3) is 3.85. The highest BCUT2D eigenvalue weighted by Gasteiger charge is 2.31. The highest BCUT2D eigenvalue weighted by molar-refractivity contribution is 5.54. The average molecular weight is 248 g/mol. The van der Waals surface area contributed by atoms with Gasteiger partial charge in [0, 0.05) is 0 Å². The highest BCUT2D eigenvalue weighted by Crippen LogP contribution is 2.30. The largest absolute Gasteiger partial charge is 0.416 e. The van der Waals surface area contributed by atoms with E-state index in [4.69, 9.17) is 5.11 Å². The van der Waals surface area contributed by atoms with E-state index in [-0.39, 0.29) is 12.2 Å². The Hall–Kier alpha value is -1.36. The lowest BCUT2D eigenvalue weighted by Crippen LogP contribution is -2.05. The molecule has 0 aliphatic heterocycles. The van der Waals surface area contributed by atoms with Gasteiger partial charge in [-0.25, -0.2) is 4.39 Å². The predicted molar refractivity (Wildman–Crippen MR) is 56.8 cm³/mol. The van der Waals surface area contributed by atoms with Crippen LogP contribution in [0.2, 0.25) is 0 Å². The second-order valence-electron chi connectivity index (χ2n) is 3.59. The lowest BCUT2D eigenvalue weighted by Gasteiger charge is -2.08. The van der Waals surface area contributed by atoms with E-state index in [1.165, 1.54) is 6.08 Å². The zero-order valence-electron chi connectivity index (χ0n) is 9.18. The summed E-state index contributed by atoms with van der Waals surface area (Å²) in [4.78, 5) is 0. The third-order valence-electron chi connectivity index (χ3n) is 2.28. The summed E-state index contributed by atoms with van der Waals surface area (Å²) in [5, 5.41) is 8.90. The molecular weight excluding hydrogens is 236 g/mol. The Labute approximate surface area is 96.4 Å². The molecule has 0 saturated heterocycles. The van der Waals surface area contributed by atoms with Crippen LogP contribution in [0.1, 0.15) is 24.5 Å². The van der Waals surface area contributed by atoms with Crippen LogP contribution in [0, 0.1) is 5.82 Å². The Bertz CT molecular complexity index is 415. The molecule has 0 aromatic heterocycles. The summed E-state index contributed by atoms with van der Waals surface area (Å²) < 4.78 is 50.3. The molecule has 0 saturated carbocycles. The molecule has 0 bridgehead atoms. The molecule has 0 heterocycles. The van der Waals surface area contributed by atoms with E-state index in [0.717, 1.165) is 12.1 Å². The maximum absolute atomic E-state index is 13.0. The summed E-state index contributed by atoms with van der Waals surface area (Å²) in [7, 11) is 0. The van der Waals surface area contributed by atoms with Gasteiger partial charge in [-0.05, 0) is 35.8 Å². The molecule has 0 aliphatic carbocycles. The fourth-order valence-electron chi connectivity index (χ4n) is 1.35. The Morgan fingerprint density at radius 1 is 1.29 bits per heavy atom. The summed E-state index contributed by atoms with van der Waals surface area (Å²) in [5.74, 6) is -0.945. The standard InChI is InChI=1S/C12H12F4O/c1-2-8(7-17)3-9-4-10(12(14,15)16)6-11(13)5-9/h3-6,17H,2,7H2,1H3/b8-3-. The van der Waals surface area contributed by atoms with E-state index in [9.17, 15) is 17.6 Å². The molecule has 0 amide bonds. The first kappa shape index (κ1) is 13.7. The minimum atomic E-state index is -4.57. The van der Waals surface area contributed by atoms with Crippen LogP contribution in [0.4, 0.5) is 17.6 Å². The second kappa shape index (κ2) is 5.31. The maximum Gasteiger partial charge on any atom is 0.416 e. The van der Waals surface area contributed by atoms with Gasteiger partial charge in [0.25, 0.3) is 0 Å². The van der Waals surface area contributed by atoms with Crippen LogP contribution in [0.25, 0.3) is 6.08 Å². The van der Waals surface area contributed by atoms with Crippen molar-refractivity contribution in [3.8, 4) is 0 Å². The van der Waals surface area contributed by atoms with Crippen molar-refractivity contribution in [2.75, 3.05) is 6.61 Å². The van der Waals surface area contributed by atoms with Gasteiger partial charge < -0.3 is 5.11 Å². The van der Waals surface area contributed by atoms with Crippen LogP contribution in [0.5, 0.6) is 0 Å². The number of hydrogen-bond donors (Lipinski definition) is 1. The lowest BCUT2D eigenvalue weighted by atomic mass is 10.1. The minimum Gasteiger partial charge on any atom is -0.392 e. The minimum absolute atomic E-state index is 0.100. The number of rotatable bonds is 3. The molecule has 0 radical (unpaired) electrons. The molecule has 1 rings (SSSR count). The summed E-state index contributed by atoms with van der Waals surface area (Å²) in [6.07, 6.45) is -2.72. The molecule has 5 heteroatoms. The van der Waals surface area contributed by atoms with E-state index in [1.807, 2.05) is 0 Å². The normalized spacial score (nSPS) is 12.9. The van der Waals surface area contributed by atoms with Gasteiger partial charge >= 0.3 is 6.18 Å². The highest BCUT2D eigenvalue weighted by atomic mass is 19.4. The van der Waals surface area contributed by atoms with Crippen molar-refractivity contribution in [3.05, 3.63) is 40.7 Å². The van der Waals surface area contributed by atoms with Crippen molar-refractivity contribution in [3.63, 3.8) is 0 Å². The van der Waals surface area contributed by atoms with E-state index in [2.05, 4.69) is 0 Å². The van der Waals surface area contributed by atoms with Crippen molar-refractivity contribution in [1.82, 2.24) is 0 Å². The molecule has 94 valence electrons. The molecule has 1 aromatic carbocycles. The van der Waals surface area contributed by atoms with Crippen molar-refractivity contribution >= 4 is 6.08 Å². The average Bonchev–Trinajstić information content (AvgIpc) is 2.24. The number of alkyl halides is 3. The number of hydrogen-bond acceptors (Lipinski definition) is 1. The molecule has 1 aromatic rings. The van der Waals surface area contributed by atoms with Crippen molar-refractivity contribution in [2.45, 2.75) is 19.5 Å². The first-order chi connectivity index (χ1) is 7.86. The Balaban J connectivity index is 3.18. The van der Waals surface area contributed by atoms with E-state index < -0.39 is 17.6 Å². The summed E-state index contributed by atoms with van der Waals surface area (Å²) in [5.41, 5.74) is -0.385. The molecule has 0 aliphatic rings. The molecule has 1 nitrogen and oxygen atoms in total. The van der Waals surface area contributed by atoms with Gasteiger partial charge in [0.15, 0.2) is 0 Å². The van der Waals surface area contributed by atoms with Crippen LogP contribution >= 0.6 is 0 Å². The van der Waals surface area contributed by atoms with Gasteiger partial charge in [0.1, 0.15) is 5.82 Å². The quantitative estimate of drug-likeness (QED) is 0.810. The van der Waals surface area contributed by atoms with Gasteiger partial charge in [-0.15, -0.1) is 0 Å². The van der Waals surface area contributed by atoms with Gasteiger partial charge in [0.2, 0.25) is 0 Å². The molecule has 0 unspecified atom stereocenters. The van der Waals surface area contributed by atoms with Gasteiger partial charge in [0.05, 0.1) is 12.2 Å². The molecule has 0 fully saturated rings. The van der Waals surface area contributed by atoms with Crippen LogP contribution in [-0.2, 0) is 6.18 Å². The second-order valence-corrected chi connectivity index (χ2v) is 3.59. The van der Waals surface area contributed by atoms with Gasteiger partial charge in [-0.3, -0.25) is 0 Å². The molecular formula is C12H12F4O. The van der Waals surface area contributed by atoms with Gasteiger partial charge in [-0.1, -0.05) is 13.0 Å². The SMILES string of the molecule is CC/C(=C/c1cc(F)cc(C(F)(F)F)c1)CO. The number of aliphatic hydroxyl groups is 1. The Morgan fingerprint density at radius 2 is 1.94 bits per heavy atom. The third-order valence-corrected chi connectivity index (χ3v) is 2.28. The van der Waals surface area contributed by atoms with E-state index >= 15 is 0 Å². The zero-order chi connectivity index (χ0) is 13.1. The molecule has 0 spiro atoms. The van der Waals surface area contributed by atoms with Crippen LogP contribution < -0.4 is 0 Å². The van der Waals surface area contributed by atoms with Crippen molar-refractivity contribution in [2.24, 2.45) is 0 Å². The molecule has 0 atom stereocenters. The fourth-order valence-corrected chi connectivity index (χ4v) is 1.35. The smallest absolute Gasteiger partial charge is 0.392 e. The van der Waals surface area contributed by atoms with Crippen LogP contribution in [0.3, 0.4) is 0 Å². The molecule has 17 heavy (non-hydrogen) atoms. The van der Waals surface area contributed by atoms with Crippen LogP contribution in [0.15, 0.2) is 23.8 Å². The first-order valence-electron chi connectivity index (χ1n) is 5.05. The van der Waals surface area contributed by atoms with Gasteiger partial charge in [-0.2, -0.15) is 13.2 Å². The van der Waals surface area contributed by atoms with E-state index in [0.29, 0.717) is 18.1 Å². The Kier molecular flexibility index (Phi) is 4.28. The number of aliphatic hydroxyl groups excluding tert-OH is 1. The summed E-state index contributed by atoms with van der Waals surface area (Å²) in [6.45, 7) is 1.50. The topological polar surface area (TPSA) is 20.2 Å². The number of halogens is 4. The number of benzene rings is 1. The Morgan fingerprint density at radius 3 is 2.41 bits per heavy atom. The monoisotopic (exact) mass is 248 g/mol. The summed E-state index contributed by atoms with van der Waals surface area (Å²) >= 11 is 0. The molecule has 1 N–H and O–H groups in total. The zero-order valence-corrected chi connectivity index (χ0v) is 9.18. The van der Waals surface area contributed by atoms with E-state index in [1.54, 1.807) is 6.92 Å². The van der Waals surface area contributed by atoms with Crippen LogP contribution in [-0.4, -0.2) is 11.7 Å². The fraction of sp³-hybridized carbons (Fsp3) is 0.333. The van der Waals surface area contributed by atoms with Crippen molar-refractivity contribution in [1.29, 1.82) is 0 Å². The maximum atomic E-state index is 13.0. The first-order valence-corrected chi connectivity index (χ1v) is 5.05. The van der Waals surface area contributed by atoms with Crippen molar-refractivity contribution < 1.29 is 22.7 Å². The predicted octanol–water partition coefficient (Wildman–Crippen LogP) is 3.63. The summed E-state index contributed by atoms with van der Waals surface area (Å²) in [6, 6.07) is 2.30. The lowest BCUT2D eigenvalue weighted by molar-refractivity contribution is -0.137.